The highest BCUT2D eigenvalue weighted by atomic mass is 16.3. The largest absolute Gasteiger partial charge is 0.507 e. The molecule has 7 nitrogen and oxygen atoms in total. The van der Waals surface area contributed by atoms with Crippen LogP contribution in [0.3, 0.4) is 0 Å². The number of hydrogen-bond donors (Lipinski definition) is 4. The van der Waals surface area contributed by atoms with E-state index in [1.807, 2.05) is 0 Å². The molecule has 1 aliphatic rings. The number of fused-ring (bicyclic) bond motifs is 1. The molecule has 20 heavy (non-hydrogen) atoms. The van der Waals surface area contributed by atoms with Crippen molar-refractivity contribution in [2.75, 3.05) is 0 Å². The van der Waals surface area contributed by atoms with Gasteiger partial charge < -0.3 is 20.4 Å². The van der Waals surface area contributed by atoms with Crippen molar-refractivity contribution in [3.05, 3.63) is 22.3 Å². The van der Waals surface area contributed by atoms with Gasteiger partial charge in [-0.25, -0.2) is 0 Å². The maximum Gasteiger partial charge on any atom is 0.241 e. The van der Waals surface area contributed by atoms with Gasteiger partial charge in [-0.2, -0.15) is 0 Å². The molecule has 104 valence electrons. The molecule has 2 rings (SSSR count). The topological polar surface area (TPSA) is 132 Å². The Morgan fingerprint density at radius 2 is 1.40 bits per heavy atom. The van der Waals surface area contributed by atoms with E-state index in [9.17, 15) is 34.8 Å². The molecule has 0 amide bonds. The van der Waals surface area contributed by atoms with E-state index in [0.717, 1.165) is 6.92 Å². The van der Waals surface area contributed by atoms with Crippen molar-refractivity contribution >= 4 is 23.1 Å². The molecule has 0 fully saturated rings. The number of carbonyl (C=O) groups is 3. The zero-order valence-corrected chi connectivity index (χ0v) is 10.5. The van der Waals surface area contributed by atoms with Crippen LogP contribution in [0.25, 0.3) is 5.76 Å². The molecule has 1 aromatic rings. The normalized spacial score (nSPS) is 14.5. The summed E-state index contributed by atoms with van der Waals surface area (Å²) in [5, 5.41) is 39.1. The summed E-state index contributed by atoms with van der Waals surface area (Å²) in [6.07, 6.45) is 0. The maximum atomic E-state index is 11.9. The molecule has 0 saturated heterocycles. The van der Waals surface area contributed by atoms with Crippen LogP contribution in [0.2, 0.25) is 0 Å². The van der Waals surface area contributed by atoms with Gasteiger partial charge in [0.2, 0.25) is 11.6 Å². The fraction of sp³-hybridized carbons (Fsp3) is 0.154. The first-order valence-corrected chi connectivity index (χ1v) is 5.51. The van der Waals surface area contributed by atoms with Crippen LogP contribution in [0.1, 0.15) is 28.4 Å². The van der Waals surface area contributed by atoms with Crippen LogP contribution in [-0.2, 0) is 9.59 Å². The smallest absolute Gasteiger partial charge is 0.241 e. The first-order chi connectivity index (χ1) is 9.20. The molecule has 0 unspecified atom stereocenters. The summed E-state index contributed by atoms with van der Waals surface area (Å²) in [4.78, 5) is 35.0. The number of allylic oxidation sites excluding steroid dienone is 1. The molecular weight excluding hydrogens is 268 g/mol. The van der Waals surface area contributed by atoms with Gasteiger partial charge in [0.1, 0.15) is 17.1 Å². The van der Waals surface area contributed by atoms with Crippen LogP contribution in [0.5, 0.6) is 17.2 Å². The minimum atomic E-state index is -1.31. The van der Waals surface area contributed by atoms with E-state index in [-0.39, 0.29) is 5.56 Å². The molecule has 0 aliphatic heterocycles. The molecule has 0 bridgehead atoms. The summed E-state index contributed by atoms with van der Waals surface area (Å²) in [5.74, 6) is -6.73. The number of benzene rings is 1. The second-order valence-electron chi connectivity index (χ2n) is 4.36. The Balaban J connectivity index is 3.02. The van der Waals surface area contributed by atoms with Gasteiger partial charge in [-0.15, -0.1) is 0 Å². The van der Waals surface area contributed by atoms with E-state index in [1.165, 1.54) is 6.92 Å². The molecule has 7 heteroatoms. The lowest BCUT2D eigenvalue weighted by Crippen LogP contribution is -2.27. The van der Waals surface area contributed by atoms with Gasteiger partial charge >= 0.3 is 0 Å². The second-order valence-corrected chi connectivity index (χ2v) is 4.36. The number of aliphatic hydroxyl groups excluding tert-OH is 1. The Hall–Kier alpha value is -2.83. The zero-order chi connectivity index (χ0) is 15.4. The number of carbonyl (C=O) groups excluding carboxylic acids is 3. The lowest BCUT2D eigenvalue weighted by molar-refractivity contribution is -0.118. The Morgan fingerprint density at radius 3 is 1.90 bits per heavy atom. The van der Waals surface area contributed by atoms with Crippen molar-refractivity contribution in [3.63, 3.8) is 0 Å². The number of aromatic hydroxyl groups is 3. The van der Waals surface area contributed by atoms with Crippen molar-refractivity contribution in [1.29, 1.82) is 0 Å². The van der Waals surface area contributed by atoms with E-state index >= 15 is 0 Å². The molecule has 1 aromatic carbocycles. The minimum absolute atomic E-state index is 0.196. The molecule has 0 atom stereocenters. The lowest BCUT2D eigenvalue weighted by Gasteiger charge is -2.20. The van der Waals surface area contributed by atoms with Crippen LogP contribution in [0, 0.1) is 6.92 Å². The SMILES string of the molecule is CC(=O)C1=C(O)c2c(O)c(C)c(O)c(O)c2C(=O)C1=O. The van der Waals surface area contributed by atoms with Crippen LogP contribution in [0.15, 0.2) is 5.57 Å². The highest BCUT2D eigenvalue weighted by Crippen LogP contribution is 2.46. The minimum Gasteiger partial charge on any atom is -0.507 e. The Morgan fingerprint density at radius 1 is 0.850 bits per heavy atom. The van der Waals surface area contributed by atoms with Gasteiger partial charge in [0.15, 0.2) is 17.3 Å². The third-order valence-electron chi connectivity index (χ3n) is 3.14. The molecule has 0 aromatic heterocycles. The van der Waals surface area contributed by atoms with E-state index in [0.29, 0.717) is 0 Å². The van der Waals surface area contributed by atoms with Crippen LogP contribution >= 0.6 is 0 Å². The first-order valence-electron chi connectivity index (χ1n) is 5.51. The fourth-order valence-electron chi connectivity index (χ4n) is 2.07. The predicted molar refractivity (Wildman–Crippen MR) is 65.7 cm³/mol. The lowest BCUT2D eigenvalue weighted by atomic mass is 9.84. The van der Waals surface area contributed by atoms with E-state index in [1.54, 1.807) is 0 Å². The van der Waals surface area contributed by atoms with Crippen molar-refractivity contribution < 1.29 is 34.8 Å². The second kappa shape index (κ2) is 4.09. The van der Waals surface area contributed by atoms with Crippen molar-refractivity contribution in [3.8, 4) is 17.2 Å². The average Bonchev–Trinajstić information content (AvgIpc) is 2.37. The third-order valence-corrected chi connectivity index (χ3v) is 3.14. The van der Waals surface area contributed by atoms with Gasteiger partial charge in [0.25, 0.3) is 0 Å². The molecule has 0 radical (unpaired) electrons. The van der Waals surface area contributed by atoms with Gasteiger partial charge in [-0.1, -0.05) is 0 Å². The monoisotopic (exact) mass is 278 g/mol. The summed E-state index contributed by atoms with van der Waals surface area (Å²) in [6.45, 7) is 2.21. The van der Waals surface area contributed by atoms with Crippen molar-refractivity contribution in [1.82, 2.24) is 0 Å². The highest BCUT2D eigenvalue weighted by molar-refractivity contribution is 6.57. The summed E-state index contributed by atoms with van der Waals surface area (Å²) in [7, 11) is 0. The standard InChI is InChI=1S/C13H10O7/c1-3-8(15)6-7(12(19)9(3)16)13(20)11(18)5(4(2)14)10(6)17/h15-17,19H,1-2H3. The van der Waals surface area contributed by atoms with Crippen molar-refractivity contribution in [2.24, 2.45) is 0 Å². The predicted octanol–water partition coefficient (Wildman–Crippen LogP) is 0.735. The number of hydrogen-bond acceptors (Lipinski definition) is 7. The zero-order valence-electron chi connectivity index (χ0n) is 10.5. The molecule has 0 spiro atoms. The summed E-state index contributed by atoms with van der Waals surface area (Å²) >= 11 is 0. The molecule has 0 saturated carbocycles. The summed E-state index contributed by atoms with van der Waals surface area (Å²) in [6, 6.07) is 0. The quantitative estimate of drug-likeness (QED) is 0.258. The van der Waals surface area contributed by atoms with Crippen LogP contribution in [0.4, 0.5) is 0 Å². The van der Waals surface area contributed by atoms with Crippen LogP contribution in [-0.4, -0.2) is 37.8 Å². The van der Waals surface area contributed by atoms with Gasteiger partial charge in [0.05, 0.1) is 11.1 Å². The van der Waals surface area contributed by atoms with Crippen molar-refractivity contribution in [2.45, 2.75) is 13.8 Å². The van der Waals surface area contributed by atoms with Gasteiger partial charge in [0, 0.05) is 5.56 Å². The number of rotatable bonds is 1. The van der Waals surface area contributed by atoms with Crippen LogP contribution < -0.4 is 0 Å². The number of Topliss-reactive ketones (excluding diaryl/α,β-unsaturated/α-hetero) is 3. The number of ketones is 3. The number of phenols is 3. The first kappa shape index (κ1) is 13.6. The number of phenolic OH excluding ortho intramolecular Hbond substituents is 3. The maximum absolute atomic E-state index is 11.9. The molecular formula is C13H10O7. The molecule has 1 aliphatic carbocycles. The van der Waals surface area contributed by atoms with Gasteiger partial charge in [-0.3, -0.25) is 14.4 Å². The van der Waals surface area contributed by atoms with E-state index in [4.69, 9.17) is 0 Å². The third kappa shape index (κ3) is 1.49. The molecule has 4 N–H and O–H groups in total. The Bertz CT molecular complexity index is 725. The van der Waals surface area contributed by atoms with E-state index in [2.05, 4.69) is 0 Å². The Labute approximate surface area is 112 Å². The Kier molecular flexibility index (Phi) is 2.78. The summed E-state index contributed by atoms with van der Waals surface area (Å²) in [5.41, 5.74) is -2.22. The fourth-order valence-corrected chi connectivity index (χ4v) is 2.07. The highest BCUT2D eigenvalue weighted by Gasteiger charge is 2.40. The van der Waals surface area contributed by atoms with E-state index < -0.39 is 57.1 Å². The summed E-state index contributed by atoms with van der Waals surface area (Å²) < 4.78 is 0. The van der Waals surface area contributed by atoms with Gasteiger partial charge in [-0.05, 0) is 13.8 Å². The average molecular weight is 278 g/mol. The number of aliphatic hydroxyl groups is 1. The molecule has 0 heterocycles.